The SMILES string of the molecule is CCCCN1C(=O)C(=C(N)N)C(=O)N(C2CCC3(CC2)CC2(C3)C(=O)N(C)C(=O)N2CC2(c3ccccn3)CCC2)C1=O. The van der Waals surface area contributed by atoms with E-state index in [9.17, 15) is 24.0 Å². The second-order valence-corrected chi connectivity index (χ2v) is 13.3. The van der Waals surface area contributed by atoms with Crippen LogP contribution in [0.25, 0.3) is 0 Å². The Morgan fingerprint density at radius 3 is 2.23 bits per heavy atom. The molecule has 12 nitrogen and oxygen atoms in total. The van der Waals surface area contributed by atoms with Crippen molar-refractivity contribution in [3.63, 3.8) is 0 Å². The number of rotatable bonds is 7. The number of imide groups is 3. The lowest BCUT2D eigenvalue weighted by Crippen LogP contribution is -2.67. The molecule has 43 heavy (non-hydrogen) atoms. The van der Waals surface area contributed by atoms with Gasteiger partial charge in [0.2, 0.25) is 0 Å². The predicted octanol–water partition coefficient (Wildman–Crippen LogP) is 2.58. The number of unbranched alkanes of at least 4 members (excludes halogenated alkanes) is 1. The van der Waals surface area contributed by atoms with Crippen molar-refractivity contribution in [2.45, 2.75) is 94.5 Å². The molecule has 0 unspecified atom stereocenters. The fraction of sp³-hybridized carbons (Fsp3) is 0.613. The zero-order valence-electron chi connectivity index (χ0n) is 25.0. The van der Waals surface area contributed by atoms with E-state index in [2.05, 4.69) is 4.98 Å². The summed E-state index contributed by atoms with van der Waals surface area (Å²) >= 11 is 0. The molecule has 5 fully saturated rings. The van der Waals surface area contributed by atoms with Crippen LogP contribution in [0.3, 0.4) is 0 Å². The largest absolute Gasteiger partial charge is 0.385 e. The number of urea groups is 2. The molecule has 3 aliphatic carbocycles. The minimum absolute atomic E-state index is 0.152. The van der Waals surface area contributed by atoms with Crippen LogP contribution in [0, 0.1) is 5.41 Å². The van der Waals surface area contributed by atoms with Crippen LogP contribution in [-0.4, -0.2) is 86.1 Å². The molecule has 12 heteroatoms. The maximum atomic E-state index is 13.6. The number of carbonyl (C=O) groups excluding carboxylic acids is 5. The normalized spacial score (nSPS) is 30.4. The number of carbonyl (C=O) groups is 5. The van der Waals surface area contributed by atoms with E-state index in [1.807, 2.05) is 30.0 Å². The number of likely N-dealkylation sites (N-methyl/N-ethyl adjacent to an activating group) is 1. The van der Waals surface area contributed by atoms with Crippen molar-refractivity contribution in [1.29, 1.82) is 0 Å². The summed E-state index contributed by atoms with van der Waals surface area (Å²) in [7, 11) is 1.57. The predicted molar refractivity (Wildman–Crippen MR) is 156 cm³/mol. The molecule has 4 N–H and O–H groups in total. The lowest BCUT2D eigenvalue weighted by Gasteiger charge is -2.60. The third kappa shape index (κ3) is 4.31. The van der Waals surface area contributed by atoms with Gasteiger partial charge >= 0.3 is 12.1 Å². The van der Waals surface area contributed by atoms with Crippen molar-refractivity contribution < 1.29 is 24.0 Å². The second kappa shape index (κ2) is 10.3. The van der Waals surface area contributed by atoms with Crippen molar-refractivity contribution in [2.24, 2.45) is 16.9 Å². The van der Waals surface area contributed by atoms with Gasteiger partial charge in [0.15, 0.2) is 0 Å². The molecule has 5 aliphatic rings. The molecule has 3 heterocycles. The van der Waals surface area contributed by atoms with Gasteiger partial charge in [0.1, 0.15) is 16.9 Å². The first-order valence-corrected chi connectivity index (χ1v) is 15.5. The number of nitrogens with zero attached hydrogens (tertiary/aromatic N) is 5. The molecule has 1 aromatic rings. The molecule has 2 saturated heterocycles. The van der Waals surface area contributed by atoms with Gasteiger partial charge in [-0.25, -0.2) is 9.59 Å². The van der Waals surface area contributed by atoms with Crippen molar-refractivity contribution >= 4 is 29.8 Å². The summed E-state index contributed by atoms with van der Waals surface area (Å²) in [4.78, 5) is 76.7. The topological polar surface area (TPSA) is 163 Å². The number of pyridine rings is 1. The Kier molecular flexibility index (Phi) is 7.00. The van der Waals surface area contributed by atoms with Crippen LogP contribution in [0.15, 0.2) is 35.8 Å². The highest BCUT2D eigenvalue weighted by Crippen LogP contribution is 2.62. The highest BCUT2D eigenvalue weighted by Gasteiger charge is 2.69. The molecule has 6 rings (SSSR count). The molecule has 230 valence electrons. The second-order valence-electron chi connectivity index (χ2n) is 13.3. The first kappa shape index (κ1) is 29.1. The number of aromatic nitrogens is 1. The van der Waals surface area contributed by atoms with Gasteiger partial charge in [-0.1, -0.05) is 25.8 Å². The first-order chi connectivity index (χ1) is 20.5. The highest BCUT2D eigenvalue weighted by molar-refractivity contribution is 6.29. The Morgan fingerprint density at radius 2 is 1.67 bits per heavy atom. The van der Waals surface area contributed by atoms with Crippen LogP contribution < -0.4 is 11.5 Å². The molecule has 2 spiro atoms. The van der Waals surface area contributed by atoms with E-state index in [1.54, 1.807) is 13.2 Å². The third-order valence-electron chi connectivity index (χ3n) is 10.8. The van der Waals surface area contributed by atoms with Gasteiger partial charge in [0.05, 0.1) is 0 Å². The zero-order valence-corrected chi connectivity index (χ0v) is 25.0. The molecule has 0 atom stereocenters. The van der Waals surface area contributed by atoms with Crippen molar-refractivity contribution in [1.82, 2.24) is 24.6 Å². The number of hydrogen-bond acceptors (Lipinski definition) is 8. The molecule has 7 amide bonds. The summed E-state index contributed by atoms with van der Waals surface area (Å²) in [6.45, 7) is 2.60. The van der Waals surface area contributed by atoms with E-state index in [1.165, 1.54) is 9.80 Å². The van der Waals surface area contributed by atoms with Gasteiger partial charge in [0.25, 0.3) is 17.7 Å². The standard InChI is InChI=1S/C31H41N7O5/c1-3-4-16-36-24(39)22(23(32)33)25(40)38(28(36)43)20-9-13-29(14-10-20)17-31(18-29)26(41)35(2)27(42)37(31)19-30(11-7-12-30)21-8-5-6-15-34-21/h5-6,8,15,20H,3-4,7,9-14,16-19,32-33H2,1-2H3. The summed E-state index contributed by atoms with van der Waals surface area (Å²) in [6.07, 6.45) is 9.65. The summed E-state index contributed by atoms with van der Waals surface area (Å²) in [5.41, 5.74) is 10.8. The van der Waals surface area contributed by atoms with Gasteiger partial charge in [-0.3, -0.25) is 34.1 Å². The van der Waals surface area contributed by atoms with E-state index in [4.69, 9.17) is 11.5 Å². The Labute approximate surface area is 251 Å². The fourth-order valence-electron chi connectivity index (χ4n) is 8.27. The highest BCUT2D eigenvalue weighted by atomic mass is 16.2. The Balaban J connectivity index is 1.19. The van der Waals surface area contributed by atoms with Crippen molar-refractivity contribution in [3.05, 3.63) is 41.5 Å². The summed E-state index contributed by atoms with van der Waals surface area (Å²) < 4.78 is 0. The van der Waals surface area contributed by atoms with Crippen LogP contribution in [0.5, 0.6) is 0 Å². The zero-order chi connectivity index (χ0) is 30.7. The summed E-state index contributed by atoms with van der Waals surface area (Å²) in [5, 5.41) is 0. The van der Waals surface area contributed by atoms with Crippen LogP contribution in [0.2, 0.25) is 0 Å². The molecule has 0 bridgehead atoms. The van der Waals surface area contributed by atoms with E-state index >= 15 is 0 Å². The fourth-order valence-corrected chi connectivity index (χ4v) is 8.27. The Hall–Kier alpha value is -3.96. The smallest absolute Gasteiger partial charge is 0.334 e. The summed E-state index contributed by atoms with van der Waals surface area (Å²) in [5.74, 6) is -2.01. The molecule has 0 aromatic carbocycles. The monoisotopic (exact) mass is 591 g/mol. The van der Waals surface area contributed by atoms with Crippen molar-refractivity contribution in [3.8, 4) is 0 Å². The molecular weight excluding hydrogens is 550 g/mol. The van der Waals surface area contributed by atoms with Crippen LogP contribution in [0.4, 0.5) is 9.59 Å². The van der Waals surface area contributed by atoms with E-state index in [-0.39, 0.29) is 40.7 Å². The maximum Gasteiger partial charge on any atom is 0.334 e. The molecule has 3 saturated carbocycles. The van der Waals surface area contributed by atoms with Gasteiger partial charge in [-0.05, 0) is 75.3 Å². The lowest BCUT2D eigenvalue weighted by atomic mass is 9.50. The Bertz CT molecular complexity index is 1380. The molecule has 0 radical (unpaired) electrons. The maximum absolute atomic E-state index is 13.6. The molecular formula is C31H41N7O5. The van der Waals surface area contributed by atoms with Gasteiger partial charge in [-0.2, -0.15) is 0 Å². The number of barbiturate groups is 1. The van der Waals surface area contributed by atoms with E-state index in [0.29, 0.717) is 51.5 Å². The average molecular weight is 592 g/mol. The number of nitrogens with two attached hydrogens (primary N) is 2. The first-order valence-electron chi connectivity index (χ1n) is 15.5. The molecule has 1 aromatic heterocycles. The Morgan fingerprint density at radius 1 is 0.977 bits per heavy atom. The van der Waals surface area contributed by atoms with Gasteiger partial charge in [-0.15, -0.1) is 0 Å². The number of amides is 7. The van der Waals surface area contributed by atoms with Crippen LogP contribution in [-0.2, 0) is 19.8 Å². The van der Waals surface area contributed by atoms with Gasteiger partial charge < -0.3 is 16.4 Å². The van der Waals surface area contributed by atoms with Crippen molar-refractivity contribution in [2.75, 3.05) is 20.1 Å². The number of hydrogen-bond donors (Lipinski definition) is 2. The average Bonchev–Trinajstić information content (AvgIpc) is 3.12. The summed E-state index contributed by atoms with van der Waals surface area (Å²) in [6, 6.07) is 4.58. The third-order valence-corrected chi connectivity index (χ3v) is 10.8. The van der Waals surface area contributed by atoms with E-state index in [0.717, 1.165) is 36.3 Å². The molecule has 2 aliphatic heterocycles. The van der Waals surface area contributed by atoms with E-state index < -0.39 is 29.4 Å². The van der Waals surface area contributed by atoms with Crippen LogP contribution >= 0.6 is 0 Å². The van der Waals surface area contributed by atoms with Gasteiger partial charge in [0, 0.05) is 43.5 Å². The quantitative estimate of drug-likeness (QED) is 0.278. The minimum Gasteiger partial charge on any atom is -0.385 e. The lowest BCUT2D eigenvalue weighted by molar-refractivity contribution is -0.151. The van der Waals surface area contributed by atoms with Crippen LogP contribution in [0.1, 0.15) is 83.2 Å². The minimum atomic E-state index is -0.875.